The molecule has 1 fully saturated rings. The quantitative estimate of drug-likeness (QED) is 0.0779. The first-order valence-corrected chi connectivity index (χ1v) is 21.9. The van der Waals surface area contributed by atoms with Crippen molar-refractivity contribution in [2.24, 2.45) is 5.92 Å². The van der Waals surface area contributed by atoms with E-state index >= 15 is 0 Å². The zero-order valence-corrected chi connectivity index (χ0v) is 33.9. The van der Waals surface area contributed by atoms with Crippen molar-refractivity contribution < 1.29 is 28.5 Å². The van der Waals surface area contributed by atoms with E-state index in [1.54, 1.807) is 14.2 Å². The number of benzene rings is 3. The van der Waals surface area contributed by atoms with Crippen LogP contribution in [0.4, 0.5) is 0 Å². The molecule has 1 heterocycles. The highest BCUT2D eigenvalue weighted by Gasteiger charge is 2.56. The first-order chi connectivity index (χ1) is 26.4. The van der Waals surface area contributed by atoms with Crippen LogP contribution in [-0.4, -0.2) is 74.7 Å². The van der Waals surface area contributed by atoms with Gasteiger partial charge in [-0.3, -0.25) is 9.59 Å². The number of hydrogen-bond acceptors (Lipinski definition) is 9. The van der Waals surface area contributed by atoms with Gasteiger partial charge in [0.25, 0.3) is 0 Å². The predicted molar refractivity (Wildman–Crippen MR) is 221 cm³/mol. The minimum atomic E-state index is -0.342. The number of methoxy groups -OCH3 is 2. The van der Waals surface area contributed by atoms with Gasteiger partial charge < -0.3 is 23.8 Å². The monoisotopic (exact) mass is 771 g/mol. The number of ether oxygens (including phenoxy) is 4. The van der Waals surface area contributed by atoms with Crippen LogP contribution in [0.1, 0.15) is 80.0 Å². The van der Waals surface area contributed by atoms with Gasteiger partial charge in [0.15, 0.2) is 23.0 Å². The lowest BCUT2D eigenvalue weighted by molar-refractivity contribution is -0.144. The summed E-state index contributed by atoms with van der Waals surface area (Å²) in [5, 5.41) is 0.572. The van der Waals surface area contributed by atoms with Crippen molar-refractivity contribution in [1.82, 2.24) is 4.90 Å². The fourth-order valence-electron chi connectivity index (χ4n) is 8.51. The molecule has 2 bridgehead atoms. The van der Waals surface area contributed by atoms with Gasteiger partial charge in [0.1, 0.15) is 0 Å². The second-order valence-electron chi connectivity index (χ2n) is 14.9. The lowest BCUT2D eigenvalue weighted by Gasteiger charge is -2.56. The van der Waals surface area contributed by atoms with Gasteiger partial charge in [0, 0.05) is 52.5 Å². The van der Waals surface area contributed by atoms with Crippen LogP contribution in [0.2, 0.25) is 0 Å². The van der Waals surface area contributed by atoms with E-state index in [0.29, 0.717) is 48.9 Å². The minimum Gasteiger partial charge on any atom is -0.493 e. The van der Waals surface area contributed by atoms with Crippen LogP contribution in [0.25, 0.3) is 0 Å². The normalized spacial score (nSPS) is 21.0. The van der Waals surface area contributed by atoms with Crippen molar-refractivity contribution in [1.29, 1.82) is 0 Å². The molecule has 6 rings (SSSR count). The van der Waals surface area contributed by atoms with Gasteiger partial charge in [-0.15, -0.1) is 0 Å². The number of likely N-dealkylation sites (N-methyl/N-ethyl adjacent to an activating group) is 1. The summed E-state index contributed by atoms with van der Waals surface area (Å²) in [5.74, 6) is 5.24. The largest absolute Gasteiger partial charge is 0.493 e. The van der Waals surface area contributed by atoms with Crippen LogP contribution in [0.3, 0.4) is 0 Å². The van der Waals surface area contributed by atoms with Crippen molar-refractivity contribution in [3.63, 3.8) is 0 Å². The Morgan fingerprint density at radius 2 is 1.63 bits per heavy atom. The Morgan fingerprint density at radius 1 is 0.889 bits per heavy atom. The molecule has 2 aliphatic carbocycles. The van der Waals surface area contributed by atoms with E-state index in [-0.39, 0.29) is 23.1 Å². The second-order valence-corrected chi connectivity index (χ2v) is 17.3. The number of nitrogens with zero attached hydrogens (tertiary/aromatic N) is 1. The highest BCUT2D eigenvalue weighted by Crippen LogP contribution is 2.58. The Bertz CT molecular complexity index is 1700. The van der Waals surface area contributed by atoms with Gasteiger partial charge in [-0.05, 0) is 93.1 Å². The molecule has 9 heteroatoms. The molecule has 0 saturated carbocycles. The number of thioether (sulfide) groups is 2. The lowest BCUT2D eigenvalue weighted by Crippen LogP contribution is -2.60. The molecule has 0 radical (unpaired) electrons. The summed E-state index contributed by atoms with van der Waals surface area (Å²) in [7, 11) is 5.45. The van der Waals surface area contributed by atoms with E-state index < -0.39 is 0 Å². The fourth-order valence-corrected chi connectivity index (χ4v) is 10.9. The van der Waals surface area contributed by atoms with Crippen molar-refractivity contribution in [2.45, 2.75) is 92.4 Å². The van der Waals surface area contributed by atoms with Crippen molar-refractivity contribution in [2.75, 3.05) is 46.8 Å². The van der Waals surface area contributed by atoms with Gasteiger partial charge in [-0.1, -0.05) is 73.2 Å². The Kier molecular flexibility index (Phi) is 14.9. The van der Waals surface area contributed by atoms with E-state index in [4.69, 9.17) is 18.9 Å². The zero-order chi connectivity index (χ0) is 37.8. The molecule has 3 aromatic rings. The Labute approximate surface area is 330 Å². The molecule has 1 aliphatic heterocycles. The Balaban J connectivity index is 0.937. The predicted octanol–water partition coefficient (Wildman–Crippen LogP) is 9.20. The number of piperidine rings is 1. The molecule has 4 atom stereocenters. The molecule has 0 N–H and O–H groups in total. The van der Waals surface area contributed by atoms with Gasteiger partial charge in [0.2, 0.25) is 0 Å². The molecule has 3 aliphatic rings. The van der Waals surface area contributed by atoms with E-state index in [2.05, 4.69) is 84.8 Å². The van der Waals surface area contributed by atoms with Gasteiger partial charge >= 0.3 is 5.97 Å². The summed E-state index contributed by atoms with van der Waals surface area (Å²) in [4.78, 5) is 28.3. The topological polar surface area (TPSA) is 74.3 Å². The third-order valence-electron chi connectivity index (χ3n) is 11.4. The number of allylic oxidation sites excluding steroid dienone is 1. The number of rotatable bonds is 21. The highest BCUT2D eigenvalue weighted by atomic mass is 32.2. The minimum absolute atomic E-state index is 0.0517. The van der Waals surface area contributed by atoms with Crippen molar-refractivity contribution in [3.05, 3.63) is 107 Å². The van der Waals surface area contributed by atoms with Crippen LogP contribution in [0, 0.1) is 5.92 Å². The van der Waals surface area contributed by atoms with Crippen LogP contribution in [0.5, 0.6) is 11.5 Å². The molecular formula is C45H57NO6S2. The Morgan fingerprint density at radius 3 is 2.37 bits per heavy atom. The van der Waals surface area contributed by atoms with E-state index in [9.17, 15) is 9.59 Å². The van der Waals surface area contributed by atoms with Gasteiger partial charge in [-0.25, -0.2) is 0 Å². The molecule has 1 saturated heterocycles. The van der Waals surface area contributed by atoms with Gasteiger partial charge in [0.05, 0.1) is 27.4 Å². The SMILES string of the molecule is COC1=CC2[C@@H]3Cc4ccc(OC)c(OCCCCOC(=O)CCCCC(CCSCc5ccccc5)SCc5ccccc5)c4[C@]2(CCN3C)CC1=O. The summed E-state index contributed by atoms with van der Waals surface area (Å²) < 4.78 is 23.5. The van der Waals surface area contributed by atoms with Gasteiger partial charge in [-0.2, -0.15) is 23.5 Å². The van der Waals surface area contributed by atoms with Crippen LogP contribution in [-0.2, 0) is 42.4 Å². The number of carbonyl (C=O) groups is 2. The molecule has 7 nitrogen and oxygen atoms in total. The summed E-state index contributed by atoms with van der Waals surface area (Å²) in [6, 6.07) is 25.8. The average molecular weight is 772 g/mol. The van der Waals surface area contributed by atoms with E-state index in [1.807, 2.05) is 29.6 Å². The number of carbonyl (C=O) groups excluding carboxylic acids is 2. The van der Waals surface area contributed by atoms with Crippen LogP contribution in [0.15, 0.2) is 84.6 Å². The van der Waals surface area contributed by atoms with Crippen molar-refractivity contribution in [3.8, 4) is 11.5 Å². The molecule has 0 spiro atoms. The van der Waals surface area contributed by atoms with Crippen LogP contribution < -0.4 is 9.47 Å². The molecule has 54 heavy (non-hydrogen) atoms. The lowest BCUT2D eigenvalue weighted by atomic mass is 9.53. The summed E-state index contributed by atoms with van der Waals surface area (Å²) in [6.07, 6.45) is 10.3. The summed E-state index contributed by atoms with van der Waals surface area (Å²) >= 11 is 4.05. The van der Waals surface area contributed by atoms with Crippen LogP contribution >= 0.6 is 23.5 Å². The molecule has 290 valence electrons. The molecule has 2 unspecified atom stereocenters. The zero-order valence-electron chi connectivity index (χ0n) is 32.3. The fraction of sp³-hybridized carbons (Fsp3) is 0.511. The second kappa shape index (κ2) is 20.0. The third kappa shape index (κ3) is 10.1. The summed E-state index contributed by atoms with van der Waals surface area (Å²) in [6.45, 7) is 1.79. The number of ketones is 1. The van der Waals surface area contributed by atoms with E-state index in [0.717, 1.165) is 80.1 Å². The molecule has 0 amide bonds. The molecule has 0 aromatic heterocycles. The number of likely N-dealkylation sites (tertiary alicyclic amines) is 1. The number of esters is 1. The molecular weight excluding hydrogens is 715 g/mol. The Hall–Kier alpha value is -3.40. The maximum absolute atomic E-state index is 13.3. The standard InChI is InChI=1S/C45H57NO6S2/c1-46-24-23-45-30-39(47)41(50-3)29-37(45)38(46)28-35-20-21-40(49-2)44(43(35)45)52-26-13-12-25-51-42(48)19-11-10-18-36(54-32-34-16-8-5-9-17-34)22-27-53-31-33-14-6-4-7-15-33/h4-9,14-17,20-21,29,36-38H,10-13,18-19,22-28,30-32H2,1-3H3/t36?,37?,38-,45+/m0/s1. The highest BCUT2D eigenvalue weighted by molar-refractivity contribution is 7.99. The maximum atomic E-state index is 13.3. The van der Waals surface area contributed by atoms with Crippen molar-refractivity contribution >= 4 is 35.3 Å². The number of Topliss-reactive ketones (excluding diaryl/α,β-unsaturated/α-hetero) is 1. The first kappa shape index (κ1) is 40.3. The average Bonchev–Trinajstić information content (AvgIpc) is 3.19. The maximum Gasteiger partial charge on any atom is 0.305 e. The number of unbranched alkanes of at least 4 members (excludes halogenated alkanes) is 2. The molecule has 3 aromatic carbocycles. The number of fused-ring (bicyclic) bond motifs is 1. The van der Waals surface area contributed by atoms with E-state index in [1.165, 1.54) is 23.1 Å². The first-order valence-electron chi connectivity index (χ1n) is 19.7. The smallest absolute Gasteiger partial charge is 0.305 e. The summed E-state index contributed by atoms with van der Waals surface area (Å²) in [5.41, 5.74) is 4.77. The third-order valence-corrected chi connectivity index (χ3v) is 13.9. The number of hydrogen-bond donors (Lipinski definition) is 0.